The molecule has 0 radical (unpaired) electrons. The maximum absolute atomic E-state index is 6.49. The fourth-order valence-corrected chi connectivity index (χ4v) is 5.31. The van der Waals surface area contributed by atoms with Gasteiger partial charge in [-0.1, -0.05) is 49.6 Å². The SMILES string of the molecule is Cc1nc(CN(Oc2ccc3c(c2)CCC(c2ccccc2)O3)C2CCCCC2)cs1. The van der Waals surface area contributed by atoms with Crippen LogP contribution in [0.1, 0.15) is 66.5 Å². The first-order valence-corrected chi connectivity index (χ1v) is 12.3. The maximum atomic E-state index is 6.49. The highest BCUT2D eigenvalue weighted by molar-refractivity contribution is 7.09. The molecule has 3 aromatic rings. The van der Waals surface area contributed by atoms with Gasteiger partial charge in [0.1, 0.15) is 17.6 Å². The highest BCUT2D eigenvalue weighted by Crippen LogP contribution is 2.37. The molecule has 5 rings (SSSR count). The first kappa shape index (κ1) is 20.5. The summed E-state index contributed by atoms with van der Waals surface area (Å²) >= 11 is 1.71. The van der Waals surface area contributed by atoms with Crippen molar-refractivity contribution in [2.24, 2.45) is 0 Å². The van der Waals surface area contributed by atoms with Crippen molar-refractivity contribution in [1.82, 2.24) is 10.0 Å². The van der Waals surface area contributed by atoms with Crippen LogP contribution < -0.4 is 9.57 Å². The molecule has 4 nitrogen and oxygen atoms in total. The van der Waals surface area contributed by atoms with Gasteiger partial charge >= 0.3 is 0 Å². The lowest BCUT2D eigenvalue weighted by Crippen LogP contribution is -2.39. The van der Waals surface area contributed by atoms with Gasteiger partial charge in [0.2, 0.25) is 0 Å². The van der Waals surface area contributed by atoms with Crippen LogP contribution in [0.15, 0.2) is 53.9 Å². The molecule has 0 saturated heterocycles. The highest BCUT2D eigenvalue weighted by Gasteiger charge is 2.26. The quantitative estimate of drug-likeness (QED) is 0.407. The first-order chi connectivity index (χ1) is 15.2. The van der Waals surface area contributed by atoms with Gasteiger partial charge in [0.25, 0.3) is 0 Å². The zero-order valence-corrected chi connectivity index (χ0v) is 18.9. The molecule has 5 heteroatoms. The van der Waals surface area contributed by atoms with E-state index in [1.54, 1.807) is 11.3 Å². The predicted molar refractivity (Wildman–Crippen MR) is 124 cm³/mol. The third kappa shape index (κ3) is 4.94. The summed E-state index contributed by atoms with van der Waals surface area (Å²) in [5.74, 6) is 1.88. The molecule has 0 amide bonds. The van der Waals surface area contributed by atoms with Crippen molar-refractivity contribution in [3.8, 4) is 11.5 Å². The Labute approximate surface area is 188 Å². The van der Waals surface area contributed by atoms with Crippen molar-refractivity contribution in [2.45, 2.75) is 70.6 Å². The largest absolute Gasteiger partial charge is 0.485 e. The van der Waals surface area contributed by atoms with Crippen LogP contribution in [-0.4, -0.2) is 16.1 Å². The molecule has 1 unspecified atom stereocenters. The summed E-state index contributed by atoms with van der Waals surface area (Å²) in [4.78, 5) is 11.2. The molecule has 1 fully saturated rings. The number of hydrogen-bond donors (Lipinski definition) is 0. The maximum Gasteiger partial charge on any atom is 0.148 e. The summed E-state index contributed by atoms with van der Waals surface area (Å²) in [6, 6.07) is 17.2. The Kier molecular flexibility index (Phi) is 6.23. The van der Waals surface area contributed by atoms with Crippen LogP contribution in [0, 0.1) is 6.92 Å². The molecule has 1 aliphatic heterocycles. The van der Waals surface area contributed by atoms with Crippen LogP contribution in [0.25, 0.3) is 0 Å². The number of hydrogen-bond acceptors (Lipinski definition) is 5. The lowest BCUT2D eigenvalue weighted by molar-refractivity contribution is -0.114. The third-order valence-corrected chi connectivity index (χ3v) is 7.16. The molecule has 2 heterocycles. The fraction of sp³-hybridized carbons (Fsp3) is 0.423. The van der Waals surface area contributed by atoms with Gasteiger partial charge in [-0.2, -0.15) is 0 Å². The topological polar surface area (TPSA) is 34.6 Å². The first-order valence-electron chi connectivity index (χ1n) is 11.4. The summed E-state index contributed by atoms with van der Waals surface area (Å²) < 4.78 is 6.31. The molecule has 1 saturated carbocycles. The summed E-state index contributed by atoms with van der Waals surface area (Å²) in [6.45, 7) is 2.80. The number of aryl methyl sites for hydroxylation is 2. The molecule has 2 aromatic carbocycles. The van der Waals surface area contributed by atoms with E-state index in [-0.39, 0.29) is 6.10 Å². The molecular formula is C26H30N2O2S. The van der Waals surface area contributed by atoms with Gasteiger partial charge in [0, 0.05) is 11.4 Å². The van der Waals surface area contributed by atoms with E-state index >= 15 is 0 Å². The van der Waals surface area contributed by atoms with E-state index in [0.717, 1.165) is 41.6 Å². The van der Waals surface area contributed by atoms with E-state index < -0.39 is 0 Å². The van der Waals surface area contributed by atoms with Crippen LogP contribution in [0.2, 0.25) is 0 Å². The summed E-state index contributed by atoms with van der Waals surface area (Å²) in [7, 11) is 0. The van der Waals surface area contributed by atoms with Crippen LogP contribution in [-0.2, 0) is 13.0 Å². The van der Waals surface area contributed by atoms with Crippen LogP contribution >= 0.6 is 11.3 Å². The van der Waals surface area contributed by atoms with E-state index in [1.807, 2.05) is 6.07 Å². The standard InChI is InChI=1S/C26H30N2O2S/c1-19-27-22(18-31-19)17-28(23-10-6-3-7-11-23)30-24-13-15-26-21(16-24)12-14-25(29-26)20-8-4-2-5-9-20/h2,4-5,8-9,13,15-16,18,23,25H,3,6-7,10-12,14,17H2,1H3. The number of nitrogens with zero attached hydrogens (tertiary/aromatic N) is 2. The molecule has 162 valence electrons. The second-order valence-electron chi connectivity index (χ2n) is 8.64. The zero-order chi connectivity index (χ0) is 21.0. The van der Waals surface area contributed by atoms with Crippen molar-refractivity contribution < 1.29 is 9.57 Å². The smallest absolute Gasteiger partial charge is 0.148 e. The number of hydroxylamine groups is 2. The summed E-state index contributed by atoms with van der Waals surface area (Å²) in [5, 5.41) is 5.43. The van der Waals surface area contributed by atoms with Gasteiger partial charge in [-0.25, -0.2) is 4.98 Å². The molecule has 0 N–H and O–H groups in total. The Morgan fingerprint density at radius 3 is 2.68 bits per heavy atom. The van der Waals surface area contributed by atoms with Crippen molar-refractivity contribution in [2.75, 3.05) is 0 Å². The second-order valence-corrected chi connectivity index (χ2v) is 9.70. The second kappa shape index (κ2) is 9.41. The van der Waals surface area contributed by atoms with Gasteiger partial charge < -0.3 is 9.57 Å². The van der Waals surface area contributed by atoms with Gasteiger partial charge in [0.05, 0.1) is 17.2 Å². The molecule has 1 atom stereocenters. The van der Waals surface area contributed by atoms with E-state index in [9.17, 15) is 0 Å². The molecule has 2 aliphatic rings. The van der Waals surface area contributed by atoms with Crippen LogP contribution in [0.4, 0.5) is 0 Å². The van der Waals surface area contributed by atoms with Crippen LogP contribution in [0.3, 0.4) is 0 Å². The molecule has 31 heavy (non-hydrogen) atoms. The van der Waals surface area contributed by atoms with E-state index in [4.69, 9.17) is 9.57 Å². The van der Waals surface area contributed by atoms with Gasteiger partial charge in [-0.05, 0) is 61.9 Å². The van der Waals surface area contributed by atoms with E-state index in [0.29, 0.717) is 6.04 Å². The molecule has 0 bridgehead atoms. The Bertz CT molecular complexity index is 998. The lowest BCUT2D eigenvalue weighted by Gasteiger charge is -2.33. The molecule has 0 spiro atoms. The normalized spacial score (nSPS) is 19.1. The van der Waals surface area contributed by atoms with Crippen LogP contribution in [0.5, 0.6) is 11.5 Å². The number of thiazole rings is 1. The van der Waals surface area contributed by atoms with Crippen molar-refractivity contribution >= 4 is 11.3 Å². The van der Waals surface area contributed by atoms with Gasteiger partial charge in [-0.3, -0.25) is 0 Å². The Hall–Kier alpha value is -2.37. The number of rotatable bonds is 6. The van der Waals surface area contributed by atoms with Gasteiger partial charge in [-0.15, -0.1) is 16.4 Å². The molecular weight excluding hydrogens is 404 g/mol. The summed E-state index contributed by atoms with van der Waals surface area (Å²) in [5.41, 5.74) is 3.58. The molecule has 1 aliphatic carbocycles. The minimum atomic E-state index is 0.132. The number of benzene rings is 2. The monoisotopic (exact) mass is 434 g/mol. The van der Waals surface area contributed by atoms with Crippen molar-refractivity contribution in [3.63, 3.8) is 0 Å². The zero-order valence-electron chi connectivity index (χ0n) is 18.1. The fourth-order valence-electron chi connectivity index (χ4n) is 4.70. The minimum Gasteiger partial charge on any atom is -0.485 e. The van der Waals surface area contributed by atoms with E-state index in [2.05, 4.69) is 64.8 Å². The average Bonchev–Trinajstić information content (AvgIpc) is 3.24. The summed E-state index contributed by atoms with van der Waals surface area (Å²) in [6.07, 6.45) is 8.39. The molecule has 1 aromatic heterocycles. The van der Waals surface area contributed by atoms with E-state index in [1.165, 1.54) is 43.2 Å². The van der Waals surface area contributed by atoms with Crippen molar-refractivity contribution in [1.29, 1.82) is 0 Å². The third-order valence-electron chi connectivity index (χ3n) is 6.34. The Morgan fingerprint density at radius 2 is 1.90 bits per heavy atom. The Morgan fingerprint density at radius 1 is 1.06 bits per heavy atom. The average molecular weight is 435 g/mol. The highest BCUT2D eigenvalue weighted by atomic mass is 32.1. The number of ether oxygens (including phenoxy) is 1. The van der Waals surface area contributed by atoms with Crippen molar-refractivity contribution in [3.05, 3.63) is 75.7 Å². The van der Waals surface area contributed by atoms with Gasteiger partial charge in [0.15, 0.2) is 0 Å². The number of fused-ring (bicyclic) bond motifs is 1. The number of aromatic nitrogens is 1. The minimum absolute atomic E-state index is 0.132. The predicted octanol–water partition coefficient (Wildman–Crippen LogP) is 6.65. The Balaban J connectivity index is 1.31. The lowest BCUT2D eigenvalue weighted by atomic mass is 9.95.